The molecule has 27 heavy (non-hydrogen) atoms. The molecule has 0 saturated heterocycles. The van der Waals surface area contributed by atoms with Gasteiger partial charge in [-0.25, -0.2) is 8.97 Å². The Morgan fingerprint density at radius 2 is 1.59 bits per heavy atom. The fraction of sp³-hybridized carbons (Fsp3) is 0.0417. The summed E-state index contributed by atoms with van der Waals surface area (Å²) >= 11 is 0. The number of para-hydroxylation sites is 1. The highest BCUT2D eigenvalue weighted by molar-refractivity contribution is 6.11. The summed E-state index contributed by atoms with van der Waals surface area (Å²) in [6.45, 7) is 0. The van der Waals surface area contributed by atoms with Gasteiger partial charge in [-0.05, 0) is 35.0 Å². The summed E-state index contributed by atoms with van der Waals surface area (Å²) in [5.41, 5.74) is 4.90. The molecule has 6 aromatic rings. The molecule has 3 aromatic heterocycles. The van der Waals surface area contributed by atoms with Crippen molar-refractivity contribution < 1.29 is 4.40 Å². The molecule has 0 bridgehead atoms. The van der Waals surface area contributed by atoms with Gasteiger partial charge < -0.3 is 4.57 Å². The summed E-state index contributed by atoms with van der Waals surface area (Å²) in [5.74, 6) is 0. The molecule has 3 nitrogen and oxygen atoms in total. The number of pyridine rings is 1. The van der Waals surface area contributed by atoms with Crippen molar-refractivity contribution in [3.05, 3.63) is 91.5 Å². The maximum atomic E-state index is 2.30. The zero-order chi connectivity index (χ0) is 18.0. The van der Waals surface area contributed by atoms with Gasteiger partial charge in [0.15, 0.2) is 5.52 Å². The van der Waals surface area contributed by atoms with Gasteiger partial charge in [0, 0.05) is 23.3 Å². The molecule has 0 aliphatic heterocycles. The van der Waals surface area contributed by atoms with E-state index in [1.807, 2.05) is 0 Å². The van der Waals surface area contributed by atoms with Crippen LogP contribution < -0.4 is 4.40 Å². The third kappa shape index (κ3) is 1.99. The molecule has 3 heterocycles. The standard InChI is InChI=1S/C24H18N3/c1-25-22-9-5-4-8-20(22)21-12-13-26-16-27(15-23(26)24(21)25)19-11-10-17-6-2-3-7-18(17)14-19/h2-16H,1H3/q+1. The van der Waals surface area contributed by atoms with Crippen molar-refractivity contribution in [1.29, 1.82) is 0 Å². The first-order valence-corrected chi connectivity index (χ1v) is 9.18. The Morgan fingerprint density at radius 3 is 2.52 bits per heavy atom. The quantitative estimate of drug-likeness (QED) is 0.371. The average Bonchev–Trinajstić information content (AvgIpc) is 3.27. The number of benzene rings is 3. The Labute approximate surface area is 156 Å². The van der Waals surface area contributed by atoms with Crippen LogP contribution in [0.1, 0.15) is 0 Å². The van der Waals surface area contributed by atoms with E-state index in [0.717, 1.165) is 0 Å². The molecule has 3 aromatic carbocycles. The molecule has 0 radical (unpaired) electrons. The van der Waals surface area contributed by atoms with Crippen molar-refractivity contribution in [2.45, 2.75) is 0 Å². The fourth-order valence-corrected chi connectivity index (χ4v) is 4.26. The second-order valence-corrected chi connectivity index (χ2v) is 7.13. The SMILES string of the molecule is Cn1c2ccccc2c2cc[n+]3cn(-c4ccc5ccccc5c4)cc3c21. The van der Waals surface area contributed by atoms with Crippen LogP contribution in [0.5, 0.6) is 0 Å². The number of aryl methyl sites for hydroxylation is 1. The molecule has 0 aliphatic carbocycles. The fourth-order valence-electron chi connectivity index (χ4n) is 4.26. The van der Waals surface area contributed by atoms with Crippen LogP contribution in [0.25, 0.3) is 43.8 Å². The lowest BCUT2D eigenvalue weighted by Crippen LogP contribution is -2.18. The largest absolute Gasteiger partial charge is 0.340 e. The Bertz CT molecular complexity index is 1480. The molecule has 0 spiro atoms. The Kier molecular flexibility index (Phi) is 2.81. The predicted octanol–water partition coefficient (Wildman–Crippen LogP) is 5.01. The van der Waals surface area contributed by atoms with Gasteiger partial charge in [-0.3, -0.25) is 0 Å². The van der Waals surface area contributed by atoms with Crippen molar-refractivity contribution in [2.24, 2.45) is 7.05 Å². The number of imidazole rings is 1. The van der Waals surface area contributed by atoms with Gasteiger partial charge in [-0.1, -0.05) is 48.5 Å². The Balaban J connectivity index is 1.66. The van der Waals surface area contributed by atoms with E-state index >= 15 is 0 Å². The zero-order valence-corrected chi connectivity index (χ0v) is 15.0. The smallest absolute Gasteiger partial charge is 0.254 e. The number of rotatable bonds is 1. The minimum Gasteiger partial charge on any atom is -0.340 e. The molecule has 0 fully saturated rings. The molecule has 0 unspecified atom stereocenters. The monoisotopic (exact) mass is 348 g/mol. The molecule has 0 aliphatic rings. The van der Waals surface area contributed by atoms with Crippen LogP contribution in [-0.4, -0.2) is 9.13 Å². The van der Waals surface area contributed by atoms with Crippen LogP contribution >= 0.6 is 0 Å². The summed E-state index contributed by atoms with van der Waals surface area (Å²) in [4.78, 5) is 0. The van der Waals surface area contributed by atoms with Gasteiger partial charge >= 0.3 is 0 Å². The van der Waals surface area contributed by atoms with E-state index in [0.29, 0.717) is 0 Å². The first kappa shape index (κ1) is 14.6. The maximum Gasteiger partial charge on any atom is 0.254 e. The van der Waals surface area contributed by atoms with Crippen LogP contribution in [0.2, 0.25) is 0 Å². The molecular formula is C24H18N3+. The minimum atomic E-state index is 1.17. The summed E-state index contributed by atoms with van der Waals surface area (Å²) in [6.07, 6.45) is 6.53. The lowest BCUT2D eigenvalue weighted by Gasteiger charge is -1.99. The molecule has 0 amide bonds. The average molecular weight is 348 g/mol. The molecule has 0 N–H and O–H groups in total. The molecule has 128 valence electrons. The third-order valence-electron chi connectivity index (χ3n) is 5.61. The lowest BCUT2D eigenvalue weighted by atomic mass is 10.1. The topological polar surface area (TPSA) is 14.0 Å². The minimum absolute atomic E-state index is 1.17. The van der Waals surface area contributed by atoms with Crippen molar-refractivity contribution in [3.63, 3.8) is 0 Å². The normalized spacial score (nSPS) is 11.9. The zero-order valence-electron chi connectivity index (χ0n) is 15.0. The van der Waals surface area contributed by atoms with Crippen molar-refractivity contribution in [1.82, 2.24) is 9.13 Å². The molecule has 3 heteroatoms. The van der Waals surface area contributed by atoms with Crippen LogP contribution in [0.15, 0.2) is 91.5 Å². The number of fused-ring (bicyclic) bond motifs is 6. The van der Waals surface area contributed by atoms with E-state index < -0.39 is 0 Å². The third-order valence-corrected chi connectivity index (χ3v) is 5.61. The number of aromatic nitrogens is 3. The summed E-state index contributed by atoms with van der Waals surface area (Å²) in [5, 5.41) is 5.12. The molecule has 0 saturated carbocycles. The highest BCUT2D eigenvalue weighted by Gasteiger charge is 2.17. The summed E-state index contributed by atoms with van der Waals surface area (Å²) < 4.78 is 6.71. The van der Waals surface area contributed by atoms with Crippen molar-refractivity contribution >= 4 is 38.1 Å². The van der Waals surface area contributed by atoms with E-state index in [2.05, 4.69) is 112 Å². The van der Waals surface area contributed by atoms with E-state index in [1.54, 1.807) is 0 Å². The number of hydrogen-bond donors (Lipinski definition) is 0. The molecule has 0 atom stereocenters. The van der Waals surface area contributed by atoms with Crippen LogP contribution in [0.3, 0.4) is 0 Å². The number of nitrogens with zero attached hydrogens (tertiary/aromatic N) is 3. The second-order valence-electron chi connectivity index (χ2n) is 7.13. The highest BCUT2D eigenvalue weighted by atomic mass is 15.1. The summed E-state index contributed by atoms with van der Waals surface area (Å²) in [6, 6.07) is 25.9. The van der Waals surface area contributed by atoms with E-state index in [9.17, 15) is 0 Å². The predicted molar refractivity (Wildman–Crippen MR) is 110 cm³/mol. The van der Waals surface area contributed by atoms with E-state index in [4.69, 9.17) is 0 Å². The Hall–Kier alpha value is -3.59. The first-order chi connectivity index (χ1) is 13.3. The molecule has 6 rings (SSSR count). The van der Waals surface area contributed by atoms with E-state index in [1.165, 1.54) is 43.8 Å². The van der Waals surface area contributed by atoms with Crippen LogP contribution in [0.4, 0.5) is 0 Å². The van der Waals surface area contributed by atoms with Gasteiger partial charge in [-0.2, -0.15) is 0 Å². The van der Waals surface area contributed by atoms with Crippen molar-refractivity contribution in [2.75, 3.05) is 0 Å². The Morgan fingerprint density at radius 1 is 0.778 bits per heavy atom. The van der Waals surface area contributed by atoms with Crippen LogP contribution in [-0.2, 0) is 7.05 Å². The summed E-state index contributed by atoms with van der Waals surface area (Å²) in [7, 11) is 2.15. The lowest BCUT2D eigenvalue weighted by molar-refractivity contribution is -0.510. The second kappa shape index (κ2) is 5.21. The van der Waals surface area contributed by atoms with Gasteiger partial charge in [0.25, 0.3) is 6.33 Å². The van der Waals surface area contributed by atoms with E-state index in [-0.39, 0.29) is 0 Å². The van der Waals surface area contributed by atoms with Crippen LogP contribution in [0, 0.1) is 0 Å². The van der Waals surface area contributed by atoms with Gasteiger partial charge in [0.1, 0.15) is 17.4 Å². The van der Waals surface area contributed by atoms with Crippen molar-refractivity contribution in [3.8, 4) is 5.69 Å². The van der Waals surface area contributed by atoms with Gasteiger partial charge in [-0.15, -0.1) is 0 Å². The first-order valence-electron chi connectivity index (χ1n) is 9.18. The van der Waals surface area contributed by atoms with Gasteiger partial charge in [0.05, 0.1) is 6.20 Å². The maximum absolute atomic E-state index is 2.30. The highest BCUT2D eigenvalue weighted by Crippen LogP contribution is 2.29. The molecular weight excluding hydrogens is 330 g/mol. The van der Waals surface area contributed by atoms with Gasteiger partial charge in [0.2, 0.25) is 0 Å². The number of hydrogen-bond acceptors (Lipinski definition) is 0.